The van der Waals surface area contributed by atoms with E-state index in [1.807, 2.05) is 0 Å². The number of carbonyl (C=O) groups is 1. The van der Waals surface area contributed by atoms with Gasteiger partial charge >= 0.3 is 5.97 Å². The predicted octanol–water partition coefficient (Wildman–Crippen LogP) is 2.28. The molecule has 5 heteroatoms. The van der Waals surface area contributed by atoms with E-state index in [4.69, 9.17) is 9.84 Å². The number of carboxylic acids is 1. The molecule has 0 spiro atoms. The summed E-state index contributed by atoms with van der Waals surface area (Å²) < 4.78 is 5.76. The highest BCUT2D eigenvalue weighted by molar-refractivity contribution is 7.12. The first-order valence-corrected chi connectivity index (χ1v) is 6.79. The minimum absolute atomic E-state index is 0.280. The van der Waals surface area contributed by atoms with Gasteiger partial charge in [0.15, 0.2) is 0 Å². The maximum Gasteiger partial charge on any atom is 0.312 e. The van der Waals surface area contributed by atoms with Gasteiger partial charge in [0.2, 0.25) is 0 Å². The molecule has 0 saturated carbocycles. The van der Waals surface area contributed by atoms with Gasteiger partial charge in [-0.2, -0.15) is 0 Å². The summed E-state index contributed by atoms with van der Waals surface area (Å²) in [6.45, 7) is 2.84. The van der Waals surface area contributed by atoms with Crippen molar-refractivity contribution in [1.29, 1.82) is 0 Å². The zero-order valence-electron chi connectivity index (χ0n) is 9.73. The van der Waals surface area contributed by atoms with Crippen LogP contribution in [0.15, 0.2) is 0 Å². The van der Waals surface area contributed by atoms with Crippen molar-refractivity contribution in [3.63, 3.8) is 0 Å². The van der Waals surface area contributed by atoms with E-state index in [1.165, 1.54) is 0 Å². The molecule has 1 aromatic rings. The average molecular weight is 253 g/mol. The van der Waals surface area contributed by atoms with E-state index in [1.54, 1.807) is 11.3 Å². The smallest absolute Gasteiger partial charge is 0.312 e. The number of aliphatic carboxylic acids is 1. The SMILES string of the molecule is CC1(c2nc3c(s2)CCC3C(=O)O)CCCO1. The first kappa shape index (κ1) is 11.2. The van der Waals surface area contributed by atoms with Crippen LogP contribution >= 0.6 is 11.3 Å². The summed E-state index contributed by atoms with van der Waals surface area (Å²) in [5.41, 5.74) is 0.507. The molecule has 1 aliphatic heterocycles. The van der Waals surface area contributed by atoms with Crippen LogP contribution in [-0.4, -0.2) is 22.7 Å². The lowest BCUT2D eigenvalue weighted by atomic mass is 10.0. The van der Waals surface area contributed by atoms with Crippen molar-refractivity contribution < 1.29 is 14.6 Å². The molecule has 3 rings (SSSR count). The molecule has 1 saturated heterocycles. The molecule has 0 aromatic carbocycles. The minimum atomic E-state index is -0.752. The molecule has 1 fully saturated rings. The topological polar surface area (TPSA) is 59.4 Å². The second-order valence-corrected chi connectivity index (χ2v) is 6.02. The Morgan fingerprint density at radius 3 is 3.12 bits per heavy atom. The Morgan fingerprint density at radius 1 is 1.65 bits per heavy atom. The number of fused-ring (bicyclic) bond motifs is 1. The van der Waals surface area contributed by atoms with Gasteiger partial charge in [-0.1, -0.05) is 0 Å². The fourth-order valence-electron chi connectivity index (χ4n) is 2.64. The lowest BCUT2D eigenvalue weighted by molar-refractivity contribution is -0.138. The van der Waals surface area contributed by atoms with Crippen molar-refractivity contribution in [2.45, 2.75) is 44.1 Å². The van der Waals surface area contributed by atoms with Crippen molar-refractivity contribution in [3.8, 4) is 0 Å². The number of aryl methyl sites for hydroxylation is 1. The zero-order valence-corrected chi connectivity index (χ0v) is 10.5. The van der Waals surface area contributed by atoms with Crippen LogP contribution in [0.2, 0.25) is 0 Å². The second-order valence-electron chi connectivity index (χ2n) is 4.94. The Bertz CT molecular complexity index is 462. The average Bonchev–Trinajstić information content (AvgIpc) is 2.89. The van der Waals surface area contributed by atoms with Crippen LogP contribution in [0.5, 0.6) is 0 Å². The summed E-state index contributed by atoms with van der Waals surface area (Å²) in [6, 6.07) is 0. The number of thiazole rings is 1. The van der Waals surface area contributed by atoms with Crippen LogP contribution in [-0.2, 0) is 21.6 Å². The quantitative estimate of drug-likeness (QED) is 0.878. The molecular formula is C12H15NO3S. The standard InChI is InChI=1S/C12H15NO3S/c1-12(5-2-6-16-12)11-13-9-7(10(14)15)3-4-8(9)17-11/h7H,2-6H2,1H3,(H,14,15). The molecule has 0 bridgehead atoms. The van der Waals surface area contributed by atoms with Gasteiger partial charge in [0, 0.05) is 11.5 Å². The van der Waals surface area contributed by atoms with Gasteiger partial charge in [-0.05, 0) is 32.6 Å². The van der Waals surface area contributed by atoms with Gasteiger partial charge in [0.05, 0.1) is 5.69 Å². The molecule has 0 radical (unpaired) electrons. The largest absolute Gasteiger partial charge is 0.481 e. The third-order valence-electron chi connectivity index (χ3n) is 3.69. The number of aromatic nitrogens is 1. The summed E-state index contributed by atoms with van der Waals surface area (Å²) in [5.74, 6) is -1.15. The Morgan fingerprint density at radius 2 is 2.47 bits per heavy atom. The molecule has 2 atom stereocenters. The highest BCUT2D eigenvalue weighted by Crippen LogP contribution is 2.43. The van der Waals surface area contributed by atoms with Crippen LogP contribution < -0.4 is 0 Å². The number of ether oxygens (including phenoxy) is 1. The Hall–Kier alpha value is -0.940. The van der Waals surface area contributed by atoms with E-state index >= 15 is 0 Å². The summed E-state index contributed by atoms with van der Waals surface area (Å²) in [7, 11) is 0. The maximum atomic E-state index is 11.1. The van der Waals surface area contributed by atoms with E-state index in [9.17, 15) is 4.79 Å². The number of carboxylic acid groups (broad SMARTS) is 1. The maximum absolute atomic E-state index is 11.1. The summed E-state index contributed by atoms with van der Waals surface area (Å²) in [4.78, 5) is 16.8. The molecule has 2 heterocycles. The van der Waals surface area contributed by atoms with Crippen molar-refractivity contribution in [2.24, 2.45) is 0 Å². The molecular weight excluding hydrogens is 238 g/mol. The van der Waals surface area contributed by atoms with Gasteiger partial charge in [0.1, 0.15) is 16.5 Å². The van der Waals surface area contributed by atoms with E-state index in [0.717, 1.165) is 41.4 Å². The second kappa shape index (κ2) is 3.78. The van der Waals surface area contributed by atoms with Crippen LogP contribution in [0, 0.1) is 0 Å². The van der Waals surface area contributed by atoms with Crippen molar-refractivity contribution in [1.82, 2.24) is 4.98 Å². The van der Waals surface area contributed by atoms with Gasteiger partial charge in [-0.15, -0.1) is 11.3 Å². The van der Waals surface area contributed by atoms with E-state index in [-0.39, 0.29) is 5.60 Å². The van der Waals surface area contributed by atoms with Gasteiger partial charge in [-0.25, -0.2) is 4.98 Å². The van der Waals surface area contributed by atoms with E-state index in [2.05, 4.69) is 11.9 Å². The van der Waals surface area contributed by atoms with Crippen molar-refractivity contribution >= 4 is 17.3 Å². The number of hydrogen-bond acceptors (Lipinski definition) is 4. The Kier molecular flexibility index (Phi) is 2.48. The van der Waals surface area contributed by atoms with Crippen molar-refractivity contribution in [2.75, 3.05) is 6.61 Å². The number of nitrogens with zero attached hydrogens (tertiary/aromatic N) is 1. The highest BCUT2D eigenvalue weighted by atomic mass is 32.1. The van der Waals surface area contributed by atoms with Gasteiger partial charge in [0.25, 0.3) is 0 Å². The molecule has 17 heavy (non-hydrogen) atoms. The lowest BCUT2D eigenvalue weighted by Gasteiger charge is -2.20. The first-order chi connectivity index (χ1) is 8.10. The molecule has 1 aliphatic carbocycles. The fourth-order valence-corrected chi connectivity index (χ4v) is 3.91. The molecule has 0 amide bonds. The van der Waals surface area contributed by atoms with Crippen LogP contribution in [0.3, 0.4) is 0 Å². The summed E-state index contributed by atoms with van der Waals surface area (Å²) in [5, 5.41) is 10.1. The monoisotopic (exact) mass is 253 g/mol. The van der Waals surface area contributed by atoms with E-state index in [0.29, 0.717) is 6.42 Å². The zero-order chi connectivity index (χ0) is 12.0. The van der Waals surface area contributed by atoms with Crippen LogP contribution in [0.1, 0.15) is 47.7 Å². The predicted molar refractivity (Wildman–Crippen MR) is 63.3 cm³/mol. The lowest BCUT2D eigenvalue weighted by Crippen LogP contribution is -2.20. The minimum Gasteiger partial charge on any atom is -0.481 e. The molecule has 1 N–H and O–H groups in total. The summed E-state index contributed by atoms with van der Waals surface area (Å²) >= 11 is 1.64. The summed E-state index contributed by atoms with van der Waals surface area (Å²) in [6.07, 6.45) is 3.58. The molecule has 92 valence electrons. The number of hydrogen-bond donors (Lipinski definition) is 1. The van der Waals surface area contributed by atoms with Crippen molar-refractivity contribution in [3.05, 3.63) is 15.6 Å². The molecule has 2 aliphatic rings. The molecule has 4 nitrogen and oxygen atoms in total. The number of rotatable bonds is 2. The van der Waals surface area contributed by atoms with E-state index < -0.39 is 11.9 Å². The molecule has 2 unspecified atom stereocenters. The third kappa shape index (κ3) is 1.68. The normalized spacial score (nSPS) is 31.7. The highest BCUT2D eigenvalue weighted by Gasteiger charge is 2.39. The molecule has 1 aromatic heterocycles. The first-order valence-electron chi connectivity index (χ1n) is 5.97. The van der Waals surface area contributed by atoms with Gasteiger partial charge in [-0.3, -0.25) is 4.79 Å². The van der Waals surface area contributed by atoms with Gasteiger partial charge < -0.3 is 9.84 Å². The third-order valence-corrected chi connectivity index (χ3v) is 5.06. The van der Waals surface area contributed by atoms with Crippen LogP contribution in [0.4, 0.5) is 0 Å². The Labute approximate surface area is 104 Å². The van der Waals surface area contributed by atoms with Crippen LogP contribution in [0.25, 0.3) is 0 Å². The fraction of sp³-hybridized carbons (Fsp3) is 0.667. The Balaban J connectivity index is 1.95.